The molecule has 0 fully saturated rings. The summed E-state index contributed by atoms with van der Waals surface area (Å²) < 4.78 is 4.75. The van der Waals surface area contributed by atoms with Gasteiger partial charge in [0.1, 0.15) is 6.29 Å². The monoisotopic (exact) mass is 216 g/mol. The molecule has 0 bridgehead atoms. The van der Waals surface area contributed by atoms with Gasteiger partial charge in [-0.2, -0.15) is 0 Å². The third kappa shape index (κ3) is 3.92. The molecule has 2 aromatic rings. The molecule has 1 aromatic carbocycles. The van der Waals surface area contributed by atoms with Crippen LogP contribution in [0.15, 0.2) is 53.1 Å². The molecule has 0 aliphatic carbocycles. The maximum atomic E-state index is 10.4. The number of Topliss-reactive ketones (excluding diaryl/α,β-unsaturated/α-hetero) is 1. The molecule has 2 rings (SSSR count). The molecule has 82 valence electrons. The van der Waals surface area contributed by atoms with E-state index in [0.717, 1.165) is 11.8 Å². The molecular weight excluding hydrogens is 204 g/mol. The Morgan fingerprint density at radius 3 is 2.12 bits per heavy atom. The summed E-state index contributed by atoms with van der Waals surface area (Å²) >= 11 is 0. The van der Waals surface area contributed by atoms with Gasteiger partial charge in [-0.05, 0) is 12.1 Å². The van der Waals surface area contributed by atoms with E-state index >= 15 is 0 Å². The van der Waals surface area contributed by atoms with Crippen molar-refractivity contribution in [2.45, 2.75) is 6.92 Å². The molecular formula is C13H12O3. The van der Waals surface area contributed by atoms with Crippen LogP contribution in [0.3, 0.4) is 0 Å². The second kappa shape index (κ2) is 6.35. The Balaban J connectivity index is 0.000000160. The number of furan rings is 1. The Morgan fingerprint density at radius 1 is 1.12 bits per heavy atom. The van der Waals surface area contributed by atoms with E-state index in [1.165, 1.54) is 13.2 Å². The number of carbonyl (C=O) groups excluding carboxylic acids is 2. The van der Waals surface area contributed by atoms with Gasteiger partial charge in [0.05, 0.1) is 6.26 Å². The summed E-state index contributed by atoms with van der Waals surface area (Å²) in [5, 5.41) is 0. The lowest BCUT2D eigenvalue weighted by Gasteiger charge is -1.81. The molecule has 0 amide bonds. The van der Waals surface area contributed by atoms with Gasteiger partial charge in [-0.25, -0.2) is 0 Å². The standard InChI is InChI=1S/C7H6O.C6H6O2/c8-6-7-4-2-1-3-5-7;1-5(7)6-3-2-4-8-6/h1-6H;2-4H,1H3. The molecule has 0 N–H and O–H groups in total. The van der Waals surface area contributed by atoms with Gasteiger partial charge < -0.3 is 4.42 Å². The van der Waals surface area contributed by atoms with Crippen molar-refractivity contribution in [3.63, 3.8) is 0 Å². The van der Waals surface area contributed by atoms with Crippen molar-refractivity contribution in [1.29, 1.82) is 0 Å². The zero-order chi connectivity index (χ0) is 11.8. The topological polar surface area (TPSA) is 47.3 Å². The van der Waals surface area contributed by atoms with E-state index in [9.17, 15) is 9.59 Å². The van der Waals surface area contributed by atoms with Gasteiger partial charge in [-0.1, -0.05) is 30.3 Å². The first kappa shape index (κ1) is 11.9. The summed E-state index contributed by atoms with van der Waals surface area (Å²) in [6, 6.07) is 12.4. The highest BCUT2D eigenvalue weighted by molar-refractivity contribution is 5.91. The minimum absolute atomic E-state index is 0.0324. The van der Waals surface area contributed by atoms with E-state index < -0.39 is 0 Å². The predicted molar refractivity (Wildman–Crippen MR) is 60.5 cm³/mol. The average molecular weight is 216 g/mol. The van der Waals surface area contributed by atoms with Crippen LogP contribution in [0.25, 0.3) is 0 Å². The lowest BCUT2D eigenvalue weighted by Crippen LogP contribution is -1.85. The smallest absolute Gasteiger partial charge is 0.194 e. The fourth-order valence-corrected chi connectivity index (χ4v) is 1.01. The van der Waals surface area contributed by atoms with Crippen LogP contribution in [-0.2, 0) is 0 Å². The van der Waals surface area contributed by atoms with Crippen LogP contribution < -0.4 is 0 Å². The third-order valence-corrected chi connectivity index (χ3v) is 1.80. The van der Waals surface area contributed by atoms with Gasteiger partial charge in [0.15, 0.2) is 11.5 Å². The number of ketones is 1. The van der Waals surface area contributed by atoms with Crippen LogP contribution in [0.4, 0.5) is 0 Å². The molecule has 0 unspecified atom stereocenters. The summed E-state index contributed by atoms with van der Waals surface area (Å²) in [5.74, 6) is 0.389. The average Bonchev–Trinajstić information content (AvgIpc) is 2.85. The van der Waals surface area contributed by atoms with Gasteiger partial charge in [0, 0.05) is 12.5 Å². The molecule has 0 spiro atoms. The van der Waals surface area contributed by atoms with Crippen molar-refractivity contribution in [2.75, 3.05) is 0 Å². The van der Waals surface area contributed by atoms with Gasteiger partial charge >= 0.3 is 0 Å². The number of hydrogen-bond donors (Lipinski definition) is 0. The first-order valence-corrected chi connectivity index (χ1v) is 4.78. The van der Waals surface area contributed by atoms with E-state index in [4.69, 9.17) is 4.42 Å². The number of carbonyl (C=O) groups is 2. The molecule has 0 saturated carbocycles. The highest BCUT2D eigenvalue weighted by Crippen LogP contribution is 1.98. The Morgan fingerprint density at radius 2 is 1.81 bits per heavy atom. The second-order valence-electron chi connectivity index (χ2n) is 3.06. The van der Waals surface area contributed by atoms with Gasteiger partial charge in [0.25, 0.3) is 0 Å². The summed E-state index contributed by atoms with van der Waals surface area (Å²) in [7, 11) is 0. The van der Waals surface area contributed by atoms with E-state index in [1.54, 1.807) is 24.3 Å². The molecule has 0 radical (unpaired) electrons. The van der Waals surface area contributed by atoms with Crippen molar-refractivity contribution in [3.05, 3.63) is 60.1 Å². The molecule has 16 heavy (non-hydrogen) atoms. The Bertz CT molecular complexity index is 429. The van der Waals surface area contributed by atoms with Gasteiger partial charge in [-0.15, -0.1) is 0 Å². The van der Waals surface area contributed by atoms with Crippen molar-refractivity contribution >= 4 is 12.1 Å². The van der Waals surface area contributed by atoms with Crippen LogP contribution in [0, 0.1) is 0 Å². The molecule has 3 heteroatoms. The molecule has 0 saturated heterocycles. The SMILES string of the molecule is CC(=O)c1ccco1.O=Cc1ccccc1. The minimum atomic E-state index is -0.0324. The Labute approximate surface area is 93.7 Å². The summed E-state index contributed by atoms with van der Waals surface area (Å²) in [5.41, 5.74) is 0.729. The highest BCUT2D eigenvalue weighted by Gasteiger charge is 1.97. The third-order valence-electron chi connectivity index (χ3n) is 1.80. The zero-order valence-corrected chi connectivity index (χ0v) is 8.92. The fourth-order valence-electron chi connectivity index (χ4n) is 1.01. The lowest BCUT2D eigenvalue weighted by molar-refractivity contribution is 0.0987. The van der Waals surface area contributed by atoms with E-state index in [2.05, 4.69) is 0 Å². The molecule has 1 heterocycles. The lowest BCUT2D eigenvalue weighted by atomic mass is 10.2. The summed E-state index contributed by atoms with van der Waals surface area (Å²) in [6.07, 6.45) is 2.32. The number of benzene rings is 1. The van der Waals surface area contributed by atoms with Crippen LogP contribution in [0.2, 0.25) is 0 Å². The van der Waals surface area contributed by atoms with Crippen molar-refractivity contribution < 1.29 is 14.0 Å². The second-order valence-corrected chi connectivity index (χ2v) is 3.06. The predicted octanol–water partition coefficient (Wildman–Crippen LogP) is 2.98. The van der Waals surface area contributed by atoms with Crippen LogP contribution in [0.5, 0.6) is 0 Å². The fraction of sp³-hybridized carbons (Fsp3) is 0.0769. The molecule has 1 aromatic heterocycles. The number of hydrogen-bond acceptors (Lipinski definition) is 3. The van der Waals surface area contributed by atoms with Crippen molar-refractivity contribution in [1.82, 2.24) is 0 Å². The zero-order valence-electron chi connectivity index (χ0n) is 8.92. The van der Waals surface area contributed by atoms with Crippen molar-refractivity contribution in [3.8, 4) is 0 Å². The molecule has 0 aliphatic rings. The van der Waals surface area contributed by atoms with Crippen LogP contribution in [0.1, 0.15) is 27.8 Å². The normalized spacial score (nSPS) is 8.81. The Hall–Kier alpha value is -2.16. The van der Waals surface area contributed by atoms with E-state index in [0.29, 0.717) is 5.76 Å². The maximum Gasteiger partial charge on any atom is 0.194 e. The van der Waals surface area contributed by atoms with Crippen LogP contribution >= 0.6 is 0 Å². The minimum Gasteiger partial charge on any atom is -0.461 e. The molecule has 0 atom stereocenters. The maximum absolute atomic E-state index is 10.4. The highest BCUT2D eigenvalue weighted by atomic mass is 16.3. The Kier molecular flexibility index (Phi) is 4.73. The summed E-state index contributed by atoms with van der Waals surface area (Å²) in [4.78, 5) is 20.4. The number of aldehydes is 1. The first-order chi connectivity index (χ1) is 7.74. The molecule has 3 nitrogen and oxygen atoms in total. The first-order valence-electron chi connectivity index (χ1n) is 4.78. The summed E-state index contributed by atoms with van der Waals surface area (Å²) in [6.45, 7) is 1.47. The quantitative estimate of drug-likeness (QED) is 0.572. The van der Waals surface area contributed by atoms with E-state index in [-0.39, 0.29) is 5.78 Å². The van der Waals surface area contributed by atoms with Crippen LogP contribution in [-0.4, -0.2) is 12.1 Å². The largest absolute Gasteiger partial charge is 0.461 e. The van der Waals surface area contributed by atoms with Gasteiger partial charge in [-0.3, -0.25) is 9.59 Å². The van der Waals surface area contributed by atoms with E-state index in [1.807, 2.05) is 18.2 Å². The number of rotatable bonds is 2. The molecule has 0 aliphatic heterocycles. The van der Waals surface area contributed by atoms with Gasteiger partial charge in [0.2, 0.25) is 0 Å². The van der Waals surface area contributed by atoms with Crippen molar-refractivity contribution in [2.24, 2.45) is 0 Å².